The van der Waals surface area contributed by atoms with Crippen molar-refractivity contribution in [2.75, 3.05) is 45.0 Å². The van der Waals surface area contributed by atoms with Crippen LogP contribution in [-0.4, -0.2) is 61.8 Å². The third-order valence-electron chi connectivity index (χ3n) is 4.85. The van der Waals surface area contributed by atoms with Gasteiger partial charge in [-0.1, -0.05) is 0 Å². The normalized spacial score (nSPS) is 17.3. The number of hydrogen-bond acceptors (Lipinski definition) is 4. The zero-order valence-corrected chi connectivity index (χ0v) is 20.9. The average molecular weight is 552 g/mol. The maximum atomic E-state index is 12.9. The molecule has 1 saturated heterocycles. The van der Waals surface area contributed by atoms with Gasteiger partial charge in [-0.3, -0.25) is 9.79 Å². The molecule has 6 nitrogen and oxygen atoms in total. The van der Waals surface area contributed by atoms with Crippen molar-refractivity contribution in [2.24, 2.45) is 16.6 Å². The van der Waals surface area contributed by atoms with E-state index in [0.29, 0.717) is 0 Å². The van der Waals surface area contributed by atoms with Crippen LogP contribution in [0, 0.1) is 11.7 Å². The Hall–Kier alpha value is -1.07. The summed E-state index contributed by atoms with van der Waals surface area (Å²) in [4.78, 5) is 19.4. The van der Waals surface area contributed by atoms with E-state index in [1.54, 1.807) is 11.8 Å². The molecular weight excluding hydrogens is 516 g/mol. The van der Waals surface area contributed by atoms with E-state index < -0.39 is 0 Å². The molecule has 1 aromatic carbocycles. The molecule has 1 atom stereocenters. The number of halogens is 2. The third-order valence-corrected chi connectivity index (χ3v) is 5.95. The summed E-state index contributed by atoms with van der Waals surface area (Å²) in [6, 6.07) is 6.60. The average Bonchev–Trinajstić information content (AvgIpc) is 2.72. The Bertz CT molecular complexity index is 647. The van der Waals surface area contributed by atoms with Gasteiger partial charge in [0.15, 0.2) is 5.96 Å². The van der Waals surface area contributed by atoms with Gasteiger partial charge < -0.3 is 21.3 Å². The van der Waals surface area contributed by atoms with Gasteiger partial charge in [0.1, 0.15) is 5.82 Å². The number of piperidine rings is 1. The number of nitrogens with two attached hydrogens (primary N) is 1. The molecule has 0 spiro atoms. The van der Waals surface area contributed by atoms with Crippen molar-refractivity contribution in [1.29, 1.82) is 0 Å². The van der Waals surface area contributed by atoms with Crippen LogP contribution in [0.15, 0.2) is 34.2 Å². The fourth-order valence-corrected chi connectivity index (χ4v) is 4.16. The van der Waals surface area contributed by atoms with Gasteiger partial charge in [-0.2, -0.15) is 0 Å². The Morgan fingerprint density at radius 1 is 1.30 bits per heavy atom. The topological polar surface area (TPSA) is 82.8 Å². The Kier molecular flexibility index (Phi) is 14.1. The molecule has 0 saturated carbocycles. The lowest BCUT2D eigenvalue weighted by Crippen LogP contribution is -2.43. The van der Waals surface area contributed by atoms with Crippen LogP contribution in [-0.2, 0) is 4.79 Å². The highest BCUT2D eigenvalue weighted by atomic mass is 127. The number of nitrogens with zero attached hydrogens (tertiary/aromatic N) is 2. The molecular formula is C21H35FIN5OS. The predicted molar refractivity (Wildman–Crippen MR) is 134 cm³/mol. The van der Waals surface area contributed by atoms with Gasteiger partial charge >= 0.3 is 0 Å². The minimum absolute atomic E-state index is 0. The Morgan fingerprint density at radius 2 is 2.07 bits per heavy atom. The standard InChI is InChI=1S/C21H34FN5OS.HI/c1-2-24-21(26-12-5-15-29-19-9-7-18(22)8-10-19)25-11-4-14-27-13-3-6-17(16-27)20(23)28;/h7-10,17H,2-6,11-16H2,1H3,(H2,23,28)(H2,24,25,26);1H. The fraction of sp³-hybridized carbons (Fsp3) is 0.619. The van der Waals surface area contributed by atoms with E-state index in [1.807, 2.05) is 12.1 Å². The molecule has 0 bridgehead atoms. The first-order chi connectivity index (χ1) is 14.1. The second-order valence-electron chi connectivity index (χ2n) is 7.24. The van der Waals surface area contributed by atoms with Gasteiger partial charge in [0, 0.05) is 31.1 Å². The van der Waals surface area contributed by atoms with Crippen LogP contribution < -0.4 is 16.4 Å². The lowest BCUT2D eigenvalue weighted by molar-refractivity contribution is -0.123. The van der Waals surface area contributed by atoms with E-state index >= 15 is 0 Å². The summed E-state index contributed by atoms with van der Waals surface area (Å²) in [6.07, 6.45) is 3.92. The smallest absolute Gasteiger partial charge is 0.221 e. The number of carbonyl (C=O) groups excluding carboxylic acids is 1. The van der Waals surface area contributed by atoms with Crippen molar-refractivity contribution in [2.45, 2.75) is 37.5 Å². The number of hydrogen-bond donors (Lipinski definition) is 3. The molecule has 1 aromatic rings. The van der Waals surface area contributed by atoms with Gasteiger partial charge in [-0.05, 0) is 75.7 Å². The van der Waals surface area contributed by atoms with Crippen molar-refractivity contribution in [3.8, 4) is 0 Å². The Balaban J connectivity index is 0.00000450. The minimum Gasteiger partial charge on any atom is -0.369 e. The molecule has 0 radical (unpaired) electrons. The molecule has 0 aromatic heterocycles. The van der Waals surface area contributed by atoms with Gasteiger partial charge in [0.2, 0.25) is 5.91 Å². The van der Waals surface area contributed by atoms with Crippen molar-refractivity contribution >= 4 is 47.6 Å². The first-order valence-corrected chi connectivity index (χ1v) is 11.5. The molecule has 1 heterocycles. The summed E-state index contributed by atoms with van der Waals surface area (Å²) < 4.78 is 12.9. The molecule has 1 aliphatic rings. The van der Waals surface area contributed by atoms with E-state index in [-0.39, 0.29) is 41.6 Å². The van der Waals surface area contributed by atoms with E-state index in [4.69, 9.17) is 5.73 Å². The lowest BCUT2D eigenvalue weighted by atomic mass is 9.97. The second-order valence-corrected chi connectivity index (χ2v) is 8.41. The number of guanidine groups is 1. The molecule has 1 amide bonds. The fourth-order valence-electron chi connectivity index (χ4n) is 3.32. The highest BCUT2D eigenvalue weighted by Crippen LogP contribution is 2.18. The van der Waals surface area contributed by atoms with Crippen LogP contribution in [0.2, 0.25) is 0 Å². The summed E-state index contributed by atoms with van der Waals surface area (Å²) in [7, 11) is 0. The Morgan fingerprint density at radius 3 is 2.77 bits per heavy atom. The quantitative estimate of drug-likeness (QED) is 0.130. The summed E-state index contributed by atoms with van der Waals surface area (Å²) in [5.41, 5.74) is 5.45. The molecule has 0 aliphatic carbocycles. The molecule has 9 heteroatoms. The van der Waals surface area contributed by atoms with Crippen LogP contribution in [0.1, 0.15) is 32.6 Å². The number of benzene rings is 1. The maximum absolute atomic E-state index is 12.9. The molecule has 30 heavy (non-hydrogen) atoms. The van der Waals surface area contributed by atoms with E-state index in [9.17, 15) is 9.18 Å². The molecule has 4 N–H and O–H groups in total. The van der Waals surface area contributed by atoms with Crippen molar-refractivity contribution in [3.05, 3.63) is 30.1 Å². The number of primary amides is 1. The van der Waals surface area contributed by atoms with Crippen molar-refractivity contribution in [3.63, 3.8) is 0 Å². The minimum atomic E-state index is -0.201. The highest BCUT2D eigenvalue weighted by molar-refractivity contribution is 14.0. The number of rotatable bonds is 11. The maximum Gasteiger partial charge on any atom is 0.221 e. The summed E-state index contributed by atoms with van der Waals surface area (Å²) in [5, 5.41) is 6.65. The summed E-state index contributed by atoms with van der Waals surface area (Å²) in [5.74, 6) is 1.42. The molecule has 1 fully saturated rings. The molecule has 2 rings (SSSR count). The van der Waals surface area contributed by atoms with Crippen LogP contribution >= 0.6 is 35.7 Å². The molecule has 1 aliphatic heterocycles. The number of thioether (sulfide) groups is 1. The zero-order chi connectivity index (χ0) is 20.9. The van der Waals surface area contributed by atoms with Gasteiger partial charge in [0.25, 0.3) is 0 Å². The van der Waals surface area contributed by atoms with E-state index in [0.717, 1.165) is 81.6 Å². The van der Waals surface area contributed by atoms with E-state index in [2.05, 4.69) is 27.4 Å². The first-order valence-electron chi connectivity index (χ1n) is 10.5. The lowest BCUT2D eigenvalue weighted by Gasteiger charge is -2.31. The van der Waals surface area contributed by atoms with Crippen molar-refractivity contribution < 1.29 is 9.18 Å². The number of nitrogens with one attached hydrogen (secondary N) is 2. The monoisotopic (exact) mass is 551 g/mol. The van der Waals surface area contributed by atoms with Crippen LogP contribution in [0.4, 0.5) is 4.39 Å². The highest BCUT2D eigenvalue weighted by Gasteiger charge is 2.23. The van der Waals surface area contributed by atoms with Gasteiger partial charge in [-0.25, -0.2) is 4.39 Å². The SMILES string of the molecule is CCNC(=NCCCSc1ccc(F)cc1)NCCCN1CCCC(C(N)=O)C1.I. The number of aliphatic imine (C=N–C) groups is 1. The Labute approximate surface area is 201 Å². The zero-order valence-electron chi connectivity index (χ0n) is 17.7. The first kappa shape index (κ1) is 27.0. The van der Waals surface area contributed by atoms with E-state index in [1.165, 1.54) is 12.1 Å². The van der Waals surface area contributed by atoms with Gasteiger partial charge in [-0.15, -0.1) is 35.7 Å². The molecule has 1 unspecified atom stereocenters. The largest absolute Gasteiger partial charge is 0.369 e. The van der Waals surface area contributed by atoms with Gasteiger partial charge in [0.05, 0.1) is 5.92 Å². The number of likely N-dealkylation sites (tertiary alicyclic amines) is 1. The summed E-state index contributed by atoms with van der Waals surface area (Å²) >= 11 is 1.72. The summed E-state index contributed by atoms with van der Waals surface area (Å²) in [6.45, 7) is 7.26. The second kappa shape index (κ2) is 15.7. The number of carbonyl (C=O) groups is 1. The van der Waals surface area contributed by atoms with Crippen LogP contribution in [0.25, 0.3) is 0 Å². The third kappa shape index (κ3) is 10.8. The van der Waals surface area contributed by atoms with Crippen LogP contribution in [0.5, 0.6) is 0 Å². The number of amides is 1. The van der Waals surface area contributed by atoms with Crippen LogP contribution in [0.3, 0.4) is 0 Å². The van der Waals surface area contributed by atoms with Crippen molar-refractivity contribution in [1.82, 2.24) is 15.5 Å². The molecule has 170 valence electrons. The predicted octanol–water partition coefficient (Wildman–Crippen LogP) is 3.07.